The molecule has 8 nitrogen and oxygen atoms in total. The van der Waals surface area contributed by atoms with E-state index in [1.54, 1.807) is 18.2 Å². The van der Waals surface area contributed by atoms with Crippen LogP contribution in [0.25, 0.3) is 5.31 Å². The van der Waals surface area contributed by atoms with Gasteiger partial charge in [0.15, 0.2) is 0 Å². The lowest BCUT2D eigenvalue weighted by Crippen LogP contribution is -2.47. The van der Waals surface area contributed by atoms with Crippen LogP contribution in [0.2, 0.25) is 0 Å². The highest BCUT2D eigenvalue weighted by Crippen LogP contribution is 2.69. The topological polar surface area (TPSA) is 147 Å². The molecule has 5 atom stereocenters. The van der Waals surface area contributed by atoms with E-state index in [9.17, 15) is 33.8 Å². The van der Waals surface area contributed by atoms with Crippen molar-refractivity contribution >= 4 is 33.1 Å². The molecule has 29 heavy (non-hydrogen) atoms. The Bertz CT molecular complexity index is 896. The van der Waals surface area contributed by atoms with E-state index >= 15 is 0 Å². The Kier molecular flexibility index (Phi) is 6.86. The molecule has 3 rings (SSSR count). The second-order valence-corrected chi connectivity index (χ2v) is 11.5. The van der Waals surface area contributed by atoms with Gasteiger partial charge in [0, 0.05) is 12.0 Å². The first-order chi connectivity index (χ1) is 13.4. The van der Waals surface area contributed by atoms with Gasteiger partial charge in [0.05, 0.1) is 16.7 Å². The van der Waals surface area contributed by atoms with Crippen molar-refractivity contribution in [2.75, 3.05) is 12.3 Å². The highest BCUT2D eigenvalue weighted by molar-refractivity contribution is 7.80. The predicted molar refractivity (Wildman–Crippen MR) is 114 cm³/mol. The molecule has 0 saturated carbocycles. The number of piperidine rings is 1. The van der Waals surface area contributed by atoms with Gasteiger partial charge >= 0.3 is 15.2 Å². The molecule has 0 aromatic heterocycles. The molecule has 0 spiro atoms. The summed E-state index contributed by atoms with van der Waals surface area (Å²) < 4.78 is 24.4. The number of hydrogen-bond acceptors (Lipinski definition) is 5. The van der Waals surface area contributed by atoms with Crippen LogP contribution >= 0.6 is 27.8 Å². The van der Waals surface area contributed by atoms with Gasteiger partial charge in [-0.2, -0.15) is 12.6 Å². The van der Waals surface area contributed by atoms with E-state index < -0.39 is 37.8 Å². The van der Waals surface area contributed by atoms with Crippen molar-refractivity contribution in [2.45, 2.75) is 37.8 Å². The molecule has 1 heterocycles. The summed E-state index contributed by atoms with van der Waals surface area (Å²) in [6, 6.07) is 6.02. The van der Waals surface area contributed by atoms with E-state index in [1.807, 2.05) is 0 Å². The predicted octanol–water partition coefficient (Wildman–Crippen LogP) is 2.10. The third-order valence-electron chi connectivity index (χ3n) is 5.81. The first kappa shape index (κ1) is 23.2. The van der Waals surface area contributed by atoms with Crippen LogP contribution in [0.15, 0.2) is 29.6 Å². The van der Waals surface area contributed by atoms with Gasteiger partial charge in [0.2, 0.25) is 0 Å². The number of aliphatic hydroxyl groups is 1. The summed E-state index contributed by atoms with van der Waals surface area (Å²) in [4.78, 5) is 39.6. The Balaban J connectivity index is 2.03. The molecular formula is C18H27NO7P2S. The van der Waals surface area contributed by atoms with Crippen molar-refractivity contribution in [1.82, 2.24) is 5.32 Å². The van der Waals surface area contributed by atoms with Crippen molar-refractivity contribution in [2.24, 2.45) is 11.8 Å². The Hall–Kier alpha value is -0.470. The highest BCUT2D eigenvalue weighted by Gasteiger charge is 2.49. The Labute approximate surface area is 175 Å². The van der Waals surface area contributed by atoms with Gasteiger partial charge in [0.1, 0.15) is 0 Å². The molecule has 11 heteroatoms. The second kappa shape index (κ2) is 8.58. The molecular weight excluding hydrogens is 436 g/mol. The van der Waals surface area contributed by atoms with Gasteiger partial charge in [-0.25, -0.2) is 0 Å². The lowest BCUT2D eigenvalue weighted by molar-refractivity contribution is 0.108. The molecule has 6 N–H and O–H groups in total. The van der Waals surface area contributed by atoms with E-state index in [4.69, 9.17) is 0 Å². The summed E-state index contributed by atoms with van der Waals surface area (Å²) in [6.45, 7) is 2.88. The second-order valence-electron chi connectivity index (χ2n) is 7.99. The van der Waals surface area contributed by atoms with Crippen LogP contribution in [0.5, 0.6) is 0 Å². The van der Waals surface area contributed by atoms with Gasteiger partial charge in [-0.05, 0) is 48.1 Å². The molecule has 0 amide bonds. The monoisotopic (exact) mass is 463 g/mol. The Morgan fingerprint density at radius 2 is 1.83 bits per heavy atom. The minimum Gasteiger partial charge on any atom is -0.392 e. The van der Waals surface area contributed by atoms with Crippen LogP contribution in [-0.4, -0.2) is 49.1 Å². The number of hydrogen-bond donors (Lipinski definition) is 7. The lowest BCUT2D eigenvalue weighted by Gasteiger charge is -2.37. The zero-order valence-corrected chi connectivity index (χ0v) is 18.6. The van der Waals surface area contributed by atoms with E-state index in [0.29, 0.717) is 17.2 Å². The van der Waals surface area contributed by atoms with Gasteiger partial charge in [-0.1, -0.05) is 31.2 Å². The highest BCUT2D eigenvalue weighted by atomic mass is 32.1. The number of nitrogens with one attached hydrogen (secondary N) is 1. The summed E-state index contributed by atoms with van der Waals surface area (Å²) in [6.07, 6.45) is -0.116. The third kappa shape index (κ3) is 4.74. The first-order valence-corrected chi connectivity index (χ1v) is 13.3. The van der Waals surface area contributed by atoms with E-state index in [-0.39, 0.29) is 23.9 Å². The summed E-state index contributed by atoms with van der Waals surface area (Å²) >= 11 is 4.40. The molecule has 1 aliphatic heterocycles. The largest absolute Gasteiger partial charge is 0.392 e. The maximum Gasteiger partial charge on any atom is 0.357 e. The van der Waals surface area contributed by atoms with E-state index in [2.05, 4.69) is 24.9 Å². The van der Waals surface area contributed by atoms with Crippen LogP contribution in [0.3, 0.4) is 0 Å². The third-order valence-corrected chi connectivity index (χ3v) is 8.65. The fourth-order valence-electron chi connectivity index (χ4n) is 4.59. The smallest absolute Gasteiger partial charge is 0.357 e. The van der Waals surface area contributed by atoms with Gasteiger partial charge in [-0.15, -0.1) is 0 Å². The van der Waals surface area contributed by atoms with Gasteiger partial charge in [-0.3, -0.25) is 9.13 Å². The summed E-state index contributed by atoms with van der Waals surface area (Å²) in [7, 11) is -10.0. The average Bonchev–Trinajstić information content (AvgIpc) is 2.99. The zero-order chi connectivity index (χ0) is 21.6. The molecule has 1 saturated heterocycles. The van der Waals surface area contributed by atoms with Crippen LogP contribution in [0.4, 0.5) is 0 Å². The standard InChI is InChI=1S/C18H27NO7P2S/c1-10-6-11(9-29)14(19-8-10)7-15(20)16-12-4-2-3-5-13(12)17(27(21,22)23)18(16)28(24,25)26/h2-5,10-11,14-16,19-20,29H,6-9H2,1H3,(H2,21,22,23)(H2,24,25,26). The fraction of sp³-hybridized carbons (Fsp3) is 0.556. The van der Waals surface area contributed by atoms with Crippen LogP contribution in [0.1, 0.15) is 36.8 Å². The molecule has 0 bridgehead atoms. The maximum atomic E-state index is 12.3. The molecule has 162 valence electrons. The Morgan fingerprint density at radius 3 is 2.41 bits per heavy atom. The Morgan fingerprint density at radius 1 is 1.17 bits per heavy atom. The fourth-order valence-corrected chi connectivity index (χ4v) is 7.80. The van der Waals surface area contributed by atoms with Crippen molar-refractivity contribution in [3.05, 3.63) is 40.7 Å². The van der Waals surface area contributed by atoms with E-state index in [0.717, 1.165) is 13.0 Å². The number of thiol groups is 1. The summed E-state index contributed by atoms with van der Waals surface area (Å²) in [5.74, 6) is 0.0540. The molecule has 1 aromatic rings. The van der Waals surface area contributed by atoms with Crippen molar-refractivity contribution in [3.8, 4) is 0 Å². The molecule has 1 fully saturated rings. The molecule has 0 radical (unpaired) electrons. The van der Waals surface area contributed by atoms with Crippen LogP contribution < -0.4 is 5.32 Å². The van der Waals surface area contributed by atoms with E-state index in [1.165, 1.54) is 6.07 Å². The SMILES string of the molecule is CC1CNC(CC(O)C2C(P(=O)(O)O)=C(P(=O)(O)O)c3ccccc32)C(CS)C1. The van der Waals surface area contributed by atoms with Gasteiger partial charge in [0.25, 0.3) is 0 Å². The number of fused-ring (bicyclic) bond motifs is 1. The number of benzene rings is 1. The number of rotatable bonds is 6. The van der Waals surface area contributed by atoms with Crippen molar-refractivity contribution < 1.29 is 33.8 Å². The maximum absolute atomic E-state index is 12.3. The van der Waals surface area contributed by atoms with Crippen LogP contribution in [0, 0.1) is 11.8 Å². The van der Waals surface area contributed by atoms with Crippen molar-refractivity contribution in [3.63, 3.8) is 0 Å². The normalized spacial score (nSPS) is 29.1. The molecule has 1 aliphatic carbocycles. The molecule has 5 unspecified atom stereocenters. The minimum absolute atomic E-state index is 0.0826. The van der Waals surface area contributed by atoms with Crippen molar-refractivity contribution in [1.29, 1.82) is 0 Å². The average molecular weight is 463 g/mol. The lowest BCUT2D eigenvalue weighted by atomic mass is 9.81. The quantitative estimate of drug-likeness (QED) is 0.251. The van der Waals surface area contributed by atoms with Crippen LogP contribution in [-0.2, 0) is 9.13 Å². The minimum atomic E-state index is -5.05. The summed E-state index contributed by atoms with van der Waals surface area (Å²) in [5, 5.41) is 13.1. The van der Waals surface area contributed by atoms with Gasteiger partial charge < -0.3 is 30.0 Å². The summed E-state index contributed by atoms with van der Waals surface area (Å²) in [5.41, 5.74) is 0.405. The number of aliphatic hydroxyl groups excluding tert-OH is 1. The molecule has 2 aliphatic rings. The zero-order valence-electron chi connectivity index (χ0n) is 15.9. The molecule has 1 aromatic carbocycles. The first-order valence-electron chi connectivity index (χ1n) is 9.43.